The van der Waals surface area contributed by atoms with Crippen LogP contribution in [0.25, 0.3) is 0 Å². The number of aryl methyl sites for hydroxylation is 2. The van der Waals surface area contributed by atoms with Crippen LogP contribution in [0.15, 0.2) is 0 Å². The van der Waals surface area contributed by atoms with Crippen molar-refractivity contribution in [2.75, 3.05) is 11.9 Å². The van der Waals surface area contributed by atoms with Crippen molar-refractivity contribution in [1.82, 2.24) is 9.97 Å². The van der Waals surface area contributed by atoms with Gasteiger partial charge in [0, 0.05) is 6.54 Å². The minimum Gasteiger partial charge on any atom is -0.369 e. The summed E-state index contributed by atoms with van der Waals surface area (Å²) < 4.78 is 1.04. The zero-order chi connectivity index (χ0) is 12.7. The molecular formula is C13H22IN3. The lowest BCUT2D eigenvalue weighted by molar-refractivity contribution is 0.739. The Bertz CT molecular complexity index is 353. The van der Waals surface area contributed by atoms with Gasteiger partial charge in [-0.25, -0.2) is 9.97 Å². The largest absolute Gasteiger partial charge is 0.369 e. The molecule has 0 atom stereocenters. The van der Waals surface area contributed by atoms with E-state index in [1.54, 1.807) is 0 Å². The molecule has 0 unspecified atom stereocenters. The zero-order valence-electron chi connectivity index (χ0n) is 11.0. The van der Waals surface area contributed by atoms with Crippen molar-refractivity contribution in [3.05, 3.63) is 15.1 Å². The second kappa shape index (κ2) is 7.84. The lowest BCUT2D eigenvalue weighted by Crippen LogP contribution is -2.10. The van der Waals surface area contributed by atoms with Crippen molar-refractivity contribution in [3.63, 3.8) is 0 Å². The number of anilines is 1. The van der Waals surface area contributed by atoms with Gasteiger partial charge in [-0.3, -0.25) is 0 Å². The highest BCUT2D eigenvalue weighted by atomic mass is 127. The topological polar surface area (TPSA) is 37.8 Å². The summed E-state index contributed by atoms with van der Waals surface area (Å²) in [5, 5.41) is 3.42. The molecule has 1 aromatic rings. The van der Waals surface area contributed by atoms with Crippen LogP contribution in [0.5, 0.6) is 0 Å². The third-order valence-corrected chi connectivity index (χ3v) is 3.60. The first kappa shape index (κ1) is 14.7. The molecular weight excluding hydrogens is 325 g/mol. The predicted octanol–water partition coefficient (Wildman–Crippen LogP) is 3.81. The quantitative estimate of drug-likeness (QED) is 0.602. The van der Waals surface area contributed by atoms with Crippen LogP contribution < -0.4 is 5.32 Å². The summed E-state index contributed by atoms with van der Waals surface area (Å²) in [6.07, 6.45) is 5.60. The number of unbranched alkanes of at least 4 members (excludes halogenated alkanes) is 2. The number of halogens is 1. The maximum atomic E-state index is 4.68. The van der Waals surface area contributed by atoms with Gasteiger partial charge in [0.05, 0.1) is 11.4 Å². The summed E-state index contributed by atoms with van der Waals surface area (Å²) in [5.74, 6) is 0.987. The third-order valence-electron chi connectivity index (χ3n) is 2.73. The van der Waals surface area contributed by atoms with Gasteiger partial charge in [0.2, 0.25) is 0 Å². The van der Waals surface area contributed by atoms with E-state index in [1.807, 2.05) is 0 Å². The van der Waals surface area contributed by atoms with E-state index in [2.05, 4.69) is 58.6 Å². The summed E-state index contributed by atoms with van der Waals surface area (Å²) in [5.41, 5.74) is 2.18. The summed E-state index contributed by atoms with van der Waals surface area (Å²) in [6.45, 7) is 7.47. The van der Waals surface area contributed by atoms with E-state index in [9.17, 15) is 0 Å². The van der Waals surface area contributed by atoms with Crippen LogP contribution in [0.1, 0.15) is 51.4 Å². The molecule has 0 amide bonds. The van der Waals surface area contributed by atoms with Crippen LogP contribution in [0, 0.1) is 3.70 Å². The van der Waals surface area contributed by atoms with Crippen molar-refractivity contribution >= 4 is 28.4 Å². The Kier molecular flexibility index (Phi) is 6.77. The minimum absolute atomic E-state index is 0.934. The van der Waals surface area contributed by atoms with E-state index in [0.717, 1.165) is 40.3 Å². The van der Waals surface area contributed by atoms with Gasteiger partial charge in [0.15, 0.2) is 0 Å². The van der Waals surface area contributed by atoms with Gasteiger partial charge in [-0.1, -0.05) is 33.6 Å². The molecule has 0 saturated carbocycles. The Labute approximate surface area is 118 Å². The molecule has 0 aromatic carbocycles. The molecule has 96 valence electrons. The first-order valence-electron chi connectivity index (χ1n) is 6.52. The van der Waals surface area contributed by atoms with E-state index >= 15 is 0 Å². The third kappa shape index (κ3) is 4.41. The highest BCUT2D eigenvalue weighted by Gasteiger charge is 2.09. The van der Waals surface area contributed by atoms with Crippen LogP contribution in [-0.4, -0.2) is 16.5 Å². The fraction of sp³-hybridized carbons (Fsp3) is 0.692. The van der Waals surface area contributed by atoms with Crippen LogP contribution in [0.4, 0.5) is 5.82 Å². The lowest BCUT2D eigenvalue weighted by atomic mass is 10.2. The zero-order valence-corrected chi connectivity index (χ0v) is 13.2. The summed E-state index contributed by atoms with van der Waals surface area (Å²) in [6, 6.07) is 0. The van der Waals surface area contributed by atoms with E-state index in [1.165, 1.54) is 19.3 Å². The second-order valence-electron chi connectivity index (χ2n) is 4.10. The van der Waals surface area contributed by atoms with Crippen LogP contribution >= 0.6 is 22.6 Å². The molecule has 0 spiro atoms. The number of nitrogens with one attached hydrogen (secondary N) is 1. The molecule has 17 heavy (non-hydrogen) atoms. The van der Waals surface area contributed by atoms with Gasteiger partial charge >= 0.3 is 0 Å². The van der Waals surface area contributed by atoms with Gasteiger partial charge in [-0.15, -0.1) is 0 Å². The number of rotatable bonds is 7. The van der Waals surface area contributed by atoms with Gasteiger partial charge < -0.3 is 5.32 Å². The number of aromatic nitrogens is 2. The molecule has 0 saturated heterocycles. The van der Waals surface area contributed by atoms with Crippen molar-refractivity contribution in [2.45, 2.75) is 52.9 Å². The van der Waals surface area contributed by atoms with Crippen LogP contribution in [0.2, 0.25) is 0 Å². The van der Waals surface area contributed by atoms with Gasteiger partial charge in [-0.2, -0.15) is 0 Å². The molecule has 0 aliphatic rings. The van der Waals surface area contributed by atoms with Crippen LogP contribution in [-0.2, 0) is 12.8 Å². The number of hydrogen-bond acceptors (Lipinski definition) is 3. The van der Waals surface area contributed by atoms with Gasteiger partial charge in [0.25, 0.3) is 0 Å². The highest BCUT2D eigenvalue weighted by molar-refractivity contribution is 14.1. The van der Waals surface area contributed by atoms with E-state index < -0.39 is 0 Å². The van der Waals surface area contributed by atoms with Crippen molar-refractivity contribution in [2.24, 2.45) is 0 Å². The fourth-order valence-corrected chi connectivity index (χ4v) is 2.47. The molecule has 1 heterocycles. The molecule has 4 heteroatoms. The molecule has 0 fully saturated rings. The molecule has 0 radical (unpaired) electrons. The monoisotopic (exact) mass is 347 g/mol. The van der Waals surface area contributed by atoms with E-state index in [0.29, 0.717) is 0 Å². The SMILES string of the molecule is CCCCCNc1nc(CC)c(I)nc1CC. The molecule has 1 rings (SSSR count). The van der Waals surface area contributed by atoms with Crippen molar-refractivity contribution in [3.8, 4) is 0 Å². The summed E-state index contributed by atoms with van der Waals surface area (Å²) in [4.78, 5) is 9.30. The van der Waals surface area contributed by atoms with E-state index in [-0.39, 0.29) is 0 Å². The van der Waals surface area contributed by atoms with E-state index in [4.69, 9.17) is 0 Å². The average molecular weight is 347 g/mol. The van der Waals surface area contributed by atoms with Crippen LogP contribution in [0.3, 0.4) is 0 Å². The van der Waals surface area contributed by atoms with Gasteiger partial charge in [-0.05, 0) is 41.9 Å². The fourth-order valence-electron chi connectivity index (χ4n) is 1.68. The average Bonchev–Trinajstić information content (AvgIpc) is 2.35. The summed E-state index contributed by atoms with van der Waals surface area (Å²) >= 11 is 2.28. The molecule has 1 N–H and O–H groups in total. The number of nitrogens with zero attached hydrogens (tertiary/aromatic N) is 2. The predicted molar refractivity (Wildman–Crippen MR) is 81.5 cm³/mol. The Morgan fingerprint density at radius 3 is 2.29 bits per heavy atom. The standard InChI is InChI=1S/C13H22IN3/c1-4-7-8-9-15-13-11(6-3)16-12(14)10(5-2)17-13/h4-9H2,1-3H3,(H,15,17). The molecule has 0 bridgehead atoms. The lowest BCUT2D eigenvalue weighted by Gasteiger charge is -2.11. The molecule has 0 aliphatic heterocycles. The molecule has 3 nitrogen and oxygen atoms in total. The minimum atomic E-state index is 0.934. The van der Waals surface area contributed by atoms with Crippen molar-refractivity contribution < 1.29 is 0 Å². The first-order chi connectivity index (χ1) is 8.22. The Morgan fingerprint density at radius 2 is 1.71 bits per heavy atom. The Balaban J connectivity index is 2.74. The first-order valence-corrected chi connectivity index (χ1v) is 7.59. The Hall–Kier alpha value is -0.390. The molecule has 0 aliphatic carbocycles. The highest BCUT2D eigenvalue weighted by Crippen LogP contribution is 2.17. The maximum Gasteiger partial charge on any atom is 0.148 e. The molecule has 1 aromatic heterocycles. The van der Waals surface area contributed by atoms with Crippen molar-refractivity contribution in [1.29, 1.82) is 0 Å². The van der Waals surface area contributed by atoms with Gasteiger partial charge in [0.1, 0.15) is 9.52 Å². The normalized spacial score (nSPS) is 10.6. The maximum absolute atomic E-state index is 4.68. The second-order valence-corrected chi connectivity index (χ2v) is 5.12. The number of hydrogen-bond donors (Lipinski definition) is 1. The smallest absolute Gasteiger partial charge is 0.148 e. The summed E-state index contributed by atoms with van der Waals surface area (Å²) in [7, 11) is 0. The Morgan fingerprint density at radius 1 is 1.00 bits per heavy atom.